The highest BCUT2D eigenvalue weighted by Crippen LogP contribution is 2.36. The average Bonchev–Trinajstić information content (AvgIpc) is 2.60. The predicted octanol–water partition coefficient (Wildman–Crippen LogP) is 1.29. The van der Waals surface area contributed by atoms with Crippen LogP contribution >= 0.6 is 0 Å². The molecule has 4 heteroatoms. The summed E-state index contributed by atoms with van der Waals surface area (Å²) in [4.78, 5) is 10.4. The second-order valence-electron chi connectivity index (χ2n) is 3.47. The fraction of sp³-hybridized carbons (Fsp3) is 0.556. The molecule has 0 aromatic heterocycles. The fourth-order valence-corrected chi connectivity index (χ4v) is 2.10. The lowest BCUT2D eigenvalue weighted by molar-refractivity contribution is 0.249. The maximum absolute atomic E-state index is 10.4. The Kier molecular flexibility index (Phi) is 2.04. The van der Waals surface area contributed by atoms with Crippen molar-refractivity contribution in [3.05, 3.63) is 11.1 Å². The molecule has 2 aliphatic carbocycles. The molecule has 4 nitrogen and oxygen atoms in total. The summed E-state index contributed by atoms with van der Waals surface area (Å²) in [5, 5.41) is 4.00. The average molecular weight is 179 g/mol. The minimum absolute atomic E-state index is 0.584. The zero-order chi connectivity index (χ0) is 9.26. The smallest absolute Gasteiger partial charge is 0.332 e. The number of allylic oxidation sites excluding steroid dienone is 2. The molecule has 2 amide bonds. The van der Waals surface area contributed by atoms with E-state index >= 15 is 0 Å². The van der Waals surface area contributed by atoms with Crippen molar-refractivity contribution in [2.24, 2.45) is 10.8 Å². The van der Waals surface area contributed by atoms with Crippen molar-refractivity contribution in [2.45, 2.75) is 32.1 Å². The maximum Gasteiger partial charge on any atom is 0.332 e. The van der Waals surface area contributed by atoms with Crippen LogP contribution in [0.15, 0.2) is 16.2 Å². The molecule has 0 heterocycles. The first-order valence-corrected chi connectivity index (χ1v) is 4.60. The number of hydrogen-bond acceptors (Lipinski definition) is 2. The van der Waals surface area contributed by atoms with E-state index in [1.807, 2.05) is 0 Å². The Morgan fingerprint density at radius 1 is 1.31 bits per heavy atom. The lowest BCUT2D eigenvalue weighted by Gasteiger charge is -2.00. The van der Waals surface area contributed by atoms with Gasteiger partial charge in [-0.15, -0.1) is 0 Å². The number of amides is 2. The minimum Gasteiger partial charge on any atom is -0.350 e. The molecule has 13 heavy (non-hydrogen) atoms. The number of carbonyl (C=O) groups is 1. The second-order valence-corrected chi connectivity index (χ2v) is 3.47. The van der Waals surface area contributed by atoms with Gasteiger partial charge in [0.25, 0.3) is 0 Å². The number of carbonyl (C=O) groups excluding carboxylic acids is 1. The molecule has 2 aliphatic rings. The number of hydrazone groups is 1. The summed E-state index contributed by atoms with van der Waals surface area (Å²) in [5.41, 5.74) is 11.2. The first kappa shape index (κ1) is 8.29. The van der Waals surface area contributed by atoms with Crippen LogP contribution in [0.25, 0.3) is 0 Å². The van der Waals surface area contributed by atoms with Crippen LogP contribution in [0.1, 0.15) is 32.1 Å². The molecule has 0 aromatic rings. The Morgan fingerprint density at radius 3 is 2.92 bits per heavy atom. The molecule has 0 bridgehead atoms. The van der Waals surface area contributed by atoms with Gasteiger partial charge in [0.15, 0.2) is 0 Å². The molecule has 0 atom stereocenters. The summed E-state index contributed by atoms with van der Waals surface area (Å²) in [6, 6.07) is -0.584. The van der Waals surface area contributed by atoms with Crippen LogP contribution in [0, 0.1) is 0 Å². The van der Waals surface area contributed by atoms with Crippen LogP contribution in [-0.2, 0) is 0 Å². The minimum atomic E-state index is -0.584. The molecule has 0 saturated heterocycles. The fourth-order valence-electron chi connectivity index (χ4n) is 2.10. The van der Waals surface area contributed by atoms with E-state index in [0.29, 0.717) is 0 Å². The molecule has 0 saturated carbocycles. The molecule has 0 spiro atoms. The van der Waals surface area contributed by atoms with Crippen molar-refractivity contribution in [1.29, 1.82) is 0 Å². The highest BCUT2D eigenvalue weighted by atomic mass is 16.2. The van der Waals surface area contributed by atoms with Gasteiger partial charge in [-0.3, -0.25) is 0 Å². The monoisotopic (exact) mass is 179 g/mol. The number of urea groups is 1. The molecule has 0 fully saturated rings. The topological polar surface area (TPSA) is 67.5 Å². The van der Waals surface area contributed by atoms with Gasteiger partial charge in [0, 0.05) is 0 Å². The normalized spacial score (nSPS) is 23.8. The van der Waals surface area contributed by atoms with E-state index in [1.54, 1.807) is 0 Å². The Bertz CT molecular complexity index is 304. The van der Waals surface area contributed by atoms with Gasteiger partial charge in [-0.05, 0) is 37.7 Å². The first-order chi connectivity index (χ1) is 6.27. The zero-order valence-corrected chi connectivity index (χ0v) is 7.47. The number of rotatable bonds is 1. The molecule has 0 unspecified atom stereocenters. The van der Waals surface area contributed by atoms with Crippen molar-refractivity contribution in [3.63, 3.8) is 0 Å². The van der Waals surface area contributed by atoms with Gasteiger partial charge in [-0.1, -0.05) is 5.57 Å². The molecule has 3 N–H and O–H groups in total. The number of nitrogens with zero attached hydrogens (tertiary/aromatic N) is 1. The summed E-state index contributed by atoms with van der Waals surface area (Å²) in [7, 11) is 0. The Morgan fingerprint density at radius 2 is 2.15 bits per heavy atom. The van der Waals surface area contributed by atoms with E-state index in [0.717, 1.165) is 25.0 Å². The van der Waals surface area contributed by atoms with Gasteiger partial charge < -0.3 is 5.73 Å². The van der Waals surface area contributed by atoms with Gasteiger partial charge in [0.2, 0.25) is 0 Å². The Balaban J connectivity index is 2.09. The third kappa shape index (κ3) is 1.56. The predicted molar refractivity (Wildman–Crippen MR) is 50.3 cm³/mol. The number of nitrogens with one attached hydrogen (secondary N) is 1. The lowest BCUT2D eigenvalue weighted by Crippen LogP contribution is -2.25. The van der Waals surface area contributed by atoms with E-state index in [2.05, 4.69) is 10.5 Å². The lowest BCUT2D eigenvalue weighted by atomic mass is 10.1. The van der Waals surface area contributed by atoms with E-state index in [4.69, 9.17) is 5.73 Å². The summed E-state index contributed by atoms with van der Waals surface area (Å²) < 4.78 is 0. The highest BCUT2D eigenvalue weighted by molar-refractivity contribution is 6.03. The molecular weight excluding hydrogens is 166 g/mol. The summed E-state index contributed by atoms with van der Waals surface area (Å²) in [6.45, 7) is 0. The zero-order valence-electron chi connectivity index (χ0n) is 7.47. The summed E-state index contributed by atoms with van der Waals surface area (Å²) >= 11 is 0. The SMILES string of the molecule is NC(=O)N/N=C1\CCC2=C1CCC2. The molecule has 2 rings (SSSR count). The summed E-state index contributed by atoms with van der Waals surface area (Å²) in [5.74, 6) is 0. The van der Waals surface area contributed by atoms with Crippen LogP contribution < -0.4 is 11.2 Å². The van der Waals surface area contributed by atoms with Crippen molar-refractivity contribution < 1.29 is 4.79 Å². The largest absolute Gasteiger partial charge is 0.350 e. The van der Waals surface area contributed by atoms with Crippen LogP contribution in [0.2, 0.25) is 0 Å². The van der Waals surface area contributed by atoms with E-state index in [9.17, 15) is 4.79 Å². The summed E-state index contributed by atoms with van der Waals surface area (Å²) in [6.07, 6.45) is 5.65. The molecule has 0 aromatic carbocycles. The molecular formula is C9H13N3O. The molecule has 0 aliphatic heterocycles. The molecule has 70 valence electrons. The van der Waals surface area contributed by atoms with Crippen LogP contribution in [0.4, 0.5) is 4.79 Å². The highest BCUT2D eigenvalue weighted by Gasteiger charge is 2.24. The Labute approximate surface area is 76.9 Å². The van der Waals surface area contributed by atoms with Crippen molar-refractivity contribution in [2.75, 3.05) is 0 Å². The van der Waals surface area contributed by atoms with Gasteiger partial charge in [0.1, 0.15) is 0 Å². The van der Waals surface area contributed by atoms with Gasteiger partial charge >= 0.3 is 6.03 Å². The van der Waals surface area contributed by atoms with E-state index in [1.165, 1.54) is 24.0 Å². The third-order valence-corrected chi connectivity index (χ3v) is 2.65. The number of nitrogens with two attached hydrogens (primary N) is 1. The first-order valence-electron chi connectivity index (χ1n) is 4.60. The third-order valence-electron chi connectivity index (χ3n) is 2.65. The molecule has 0 radical (unpaired) electrons. The van der Waals surface area contributed by atoms with Gasteiger partial charge in [-0.25, -0.2) is 10.2 Å². The number of primary amides is 1. The van der Waals surface area contributed by atoms with Gasteiger partial charge in [0.05, 0.1) is 5.71 Å². The van der Waals surface area contributed by atoms with Crippen LogP contribution in [-0.4, -0.2) is 11.7 Å². The quantitative estimate of drug-likeness (QED) is 0.585. The maximum atomic E-state index is 10.4. The Hall–Kier alpha value is -1.32. The van der Waals surface area contributed by atoms with Gasteiger partial charge in [-0.2, -0.15) is 5.10 Å². The van der Waals surface area contributed by atoms with Crippen molar-refractivity contribution >= 4 is 11.7 Å². The number of hydrogen-bond donors (Lipinski definition) is 2. The van der Waals surface area contributed by atoms with E-state index in [-0.39, 0.29) is 0 Å². The van der Waals surface area contributed by atoms with Crippen molar-refractivity contribution in [1.82, 2.24) is 5.43 Å². The van der Waals surface area contributed by atoms with E-state index < -0.39 is 6.03 Å². The second kappa shape index (κ2) is 3.20. The van der Waals surface area contributed by atoms with Crippen molar-refractivity contribution in [3.8, 4) is 0 Å². The van der Waals surface area contributed by atoms with Crippen LogP contribution in [0.3, 0.4) is 0 Å². The van der Waals surface area contributed by atoms with Crippen LogP contribution in [0.5, 0.6) is 0 Å². The standard InChI is InChI=1S/C9H13N3O/c10-9(13)12-11-8-5-4-6-2-1-3-7(6)8/h1-5H2,(H3,10,12,13)/b11-8+.